The van der Waals surface area contributed by atoms with Gasteiger partial charge in [0.05, 0.1) is 0 Å². The van der Waals surface area contributed by atoms with Crippen LogP contribution in [-0.4, -0.2) is 29.6 Å². The Morgan fingerprint density at radius 3 is 2.44 bits per heavy atom. The Labute approximate surface area is 112 Å². The molecule has 2 atom stereocenters. The lowest BCUT2D eigenvalue weighted by Crippen LogP contribution is -2.57. The first kappa shape index (κ1) is 12.9. The van der Waals surface area contributed by atoms with Gasteiger partial charge in [0.1, 0.15) is 0 Å². The normalized spacial score (nSPS) is 37.2. The van der Waals surface area contributed by atoms with Crippen LogP contribution in [0.25, 0.3) is 0 Å². The van der Waals surface area contributed by atoms with E-state index in [2.05, 4.69) is 4.90 Å². The molecule has 1 heterocycles. The van der Waals surface area contributed by atoms with E-state index < -0.39 is 0 Å². The number of fused-ring (bicyclic) bond motifs is 1. The summed E-state index contributed by atoms with van der Waals surface area (Å²) >= 11 is 0. The molecular weight excluding hydrogens is 220 g/mol. The van der Waals surface area contributed by atoms with E-state index in [0.29, 0.717) is 0 Å². The van der Waals surface area contributed by atoms with Gasteiger partial charge in [0.15, 0.2) is 0 Å². The summed E-state index contributed by atoms with van der Waals surface area (Å²) in [7, 11) is 0. The van der Waals surface area contributed by atoms with E-state index in [1.54, 1.807) is 0 Å². The third-order valence-electron chi connectivity index (χ3n) is 5.73. The molecule has 2 saturated carbocycles. The Morgan fingerprint density at radius 1 is 0.889 bits per heavy atom. The molecule has 18 heavy (non-hydrogen) atoms. The van der Waals surface area contributed by atoms with Gasteiger partial charge in [-0.1, -0.05) is 32.1 Å². The summed E-state index contributed by atoms with van der Waals surface area (Å²) in [5.41, 5.74) is 6.82. The molecule has 3 aliphatic rings. The first-order valence-corrected chi connectivity index (χ1v) is 8.30. The first-order valence-electron chi connectivity index (χ1n) is 8.30. The summed E-state index contributed by atoms with van der Waals surface area (Å²) in [4.78, 5) is 2.79. The largest absolute Gasteiger partial charge is 0.324 e. The quantitative estimate of drug-likeness (QED) is 0.815. The van der Waals surface area contributed by atoms with Gasteiger partial charge >= 0.3 is 0 Å². The summed E-state index contributed by atoms with van der Waals surface area (Å²) in [6.45, 7) is 2.51. The van der Waals surface area contributed by atoms with Gasteiger partial charge in [0.2, 0.25) is 0 Å². The molecule has 0 aromatic rings. The summed E-state index contributed by atoms with van der Waals surface area (Å²) in [5, 5.41) is 0. The van der Waals surface area contributed by atoms with E-state index in [-0.39, 0.29) is 5.54 Å². The number of rotatable bonds is 2. The number of nitrogens with zero attached hydrogens (tertiary/aromatic N) is 1. The zero-order chi connectivity index (χ0) is 12.4. The second-order valence-electron chi connectivity index (χ2n) is 7.15. The van der Waals surface area contributed by atoms with Crippen LogP contribution in [-0.2, 0) is 0 Å². The fraction of sp³-hybridized carbons (Fsp3) is 1.00. The lowest BCUT2D eigenvalue weighted by atomic mass is 9.76. The molecule has 2 N–H and O–H groups in total. The van der Waals surface area contributed by atoms with Crippen LogP contribution in [0.5, 0.6) is 0 Å². The molecule has 3 rings (SSSR count). The van der Waals surface area contributed by atoms with Crippen molar-refractivity contribution in [3.05, 3.63) is 0 Å². The fourth-order valence-corrected chi connectivity index (χ4v) is 4.74. The fourth-order valence-electron chi connectivity index (χ4n) is 4.74. The molecule has 2 aliphatic carbocycles. The predicted molar refractivity (Wildman–Crippen MR) is 76.6 cm³/mol. The van der Waals surface area contributed by atoms with Gasteiger partial charge in [-0.2, -0.15) is 0 Å². The van der Waals surface area contributed by atoms with Crippen molar-refractivity contribution in [2.24, 2.45) is 11.7 Å². The van der Waals surface area contributed by atoms with Crippen LogP contribution in [0.1, 0.15) is 70.6 Å². The molecule has 104 valence electrons. The second kappa shape index (κ2) is 5.50. The van der Waals surface area contributed by atoms with Crippen LogP contribution in [0, 0.1) is 5.92 Å². The van der Waals surface area contributed by atoms with E-state index in [4.69, 9.17) is 5.73 Å². The Bertz CT molecular complexity index is 268. The SMILES string of the molecule is NC1(CN2CCCC3CCCCC32)CCCCC1. The van der Waals surface area contributed by atoms with Crippen LogP contribution >= 0.6 is 0 Å². The molecule has 0 aromatic heterocycles. The lowest BCUT2D eigenvalue weighted by molar-refractivity contribution is 0.0356. The van der Waals surface area contributed by atoms with Gasteiger partial charge in [0.25, 0.3) is 0 Å². The van der Waals surface area contributed by atoms with Gasteiger partial charge in [-0.25, -0.2) is 0 Å². The molecule has 0 aromatic carbocycles. The molecule has 0 bridgehead atoms. The van der Waals surface area contributed by atoms with Crippen molar-refractivity contribution < 1.29 is 0 Å². The summed E-state index contributed by atoms with van der Waals surface area (Å²) < 4.78 is 0. The monoisotopic (exact) mass is 250 g/mol. The number of hydrogen-bond donors (Lipinski definition) is 1. The Balaban J connectivity index is 1.63. The van der Waals surface area contributed by atoms with Crippen molar-refractivity contribution in [2.45, 2.75) is 82.2 Å². The second-order valence-corrected chi connectivity index (χ2v) is 7.15. The molecule has 3 fully saturated rings. The zero-order valence-corrected chi connectivity index (χ0v) is 11.9. The Hall–Kier alpha value is -0.0800. The van der Waals surface area contributed by atoms with E-state index in [0.717, 1.165) is 12.0 Å². The van der Waals surface area contributed by atoms with Crippen molar-refractivity contribution >= 4 is 0 Å². The Morgan fingerprint density at radius 2 is 1.61 bits per heavy atom. The van der Waals surface area contributed by atoms with Crippen molar-refractivity contribution in [1.29, 1.82) is 0 Å². The minimum absolute atomic E-state index is 0.150. The highest BCUT2D eigenvalue weighted by Crippen LogP contribution is 2.37. The summed E-state index contributed by atoms with van der Waals surface area (Å²) in [6, 6.07) is 0.884. The maximum Gasteiger partial charge on any atom is 0.0283 e. The number of nitrogens with two attached hydrogens (primary N) is 1. The predicted octanol–water partition coefficient (Wildman–Crippen LogP) is 3.30. The molecule has 1 saturated heterocycles. The average Bonchev–Trinajstić information content (AvgIpc) is 2.40. The smallest absolute Gasteiger partial charge is 0.0283 e. The van der Waals surface area contributed by atoms with E-state index in [1.807, 2.05) is 0 Å². The van der Waals surface area contributed by atoms with E-state index >= 15 is 0 Å². The molecule has 0 spiro atoms. The van der Waals surface area contributed by atoms with E-state index in [9.17, 15) is 0 Å². The topological polar surface area (TPSA) is 29.3 Å². The van der Waals surface area contributed by atoms with Crippen molar-refractivity contribution in [3.63, 3.8) is 0 Å². The molecular formula is C16H30N2. The van der Waals surface area contributed by atoms with Gasteiger partial charge in [-0.3, -0.25) is 4.90 Å². The minimum Gasteiger partial charge on any atom is -0.324 e. The molecule has 1 aliphatic heterocycles. The van der Waals surface area contributed by atoms with Crippen LogP contribution in [0.4, 0.5) is 0 Å². The maximum absolute atomic E-state index is 6.67. The van der Waals surface area contributed by atoms with Crippen LogP contribution in [0.15, 0.2) is 0 Å². The molecule has 0 radical (unpaired) electrons. The lowest BCUT2D eigenvalue weighted by Gasteiger charge is -2.48. The minimum atomic E-state index is 0.150. The van der Waals surface area contributed by atoms with Crippen molar-refractivity contribution in [2.75, 3.05) is 13.1 Å². The Kier molecular flexibility index (Phi) is 3.95. The van der Waals surface area contributed by atoms with E-state index in [1.165, 1.54) is 83.7 Å². The molecule has 2 heteroatoms. The van der Waals surface area contributed by atoms with Gasteiger partial charge in [0, 0.05) is 18.1 Å². The number of hydrogen-bond acceptors (Lipinski definition) is 2. The standard InChI is InChI=1S/C16H30N2/c17-16(10-4-1-5-11-16)13-18-12-6-8-14-7-2-3-9-15(14)18/h14-15H,1-13,17H2. The van der Waals surface area contributed by atoms with Gasteiger partial charge in [-0.05, 0) is 51.0 Å². The number of likely N-dealkylation sites (tertiary alicyclic amines) is 1. The van der Waals surface area contributed by atoms with Crippen molar-refractivity contribution in [1.82, 2.24) is 4.90 Å². The van der Waals surface area contributed by atoms with Crippen molar-refractivity contribution in [3.8, 4) is 0 Å². The maximum atomic E-state index is 6.67. The third kappa shape index (κ3) is 2.75. The van der Waals surface area contributed by atoms with Crippen LogP contribution in [0.3, 0.4) is 0 Å². The molecule has 0 amide bonds. The third-order valence-corrected chi connectivity index (χ3v) is 5.73. The highest BCUT2D eigenvalue weighted by Gasteiger charge is 2.37. The summed E-state index contributed by atoms with van der Waals surface area (Å²) in [5.74, 6) is 1.000. The number of piperidine rings is 1. The molecule has 2 nitrogen and oxygen atoms in total. The molecule has 2 unspecified atom stereocenters. The first-order chi connectivity index (χ1) is 8.77. The highest BCUT2D eigenvalue weighted by atomic mass is 15.2. The zero-order valence-electron chi connectivity index (χ0n) is 11.9. The van der Waals surface area contributed by atoms with Crippen LogP contribution < -0.4 is 5.73 Å². The van der Waals surface area contributed by atoms with Gasteiger partial charge in [-0.15, -0.1) is 0 Å². The van der Waals surface area contributed by atoms with Gasteiger partial charge < -0.3 is 5.73 Å². The average molecular weight is 250 g/mol. The van der Waals surface area contributed by atoms with Crippen LogP contribution in [0.2, 0.25) is 0 Å². The summed E-state index contributed by atoms with van der Waals surface area (Å²) in [6.07, 6.45) is 15.4. The highest BCUT2D eigenvalue weighted by molar-refractivity contribution is 4.95.